The molecule has 1 saturated carbocycles. The van der Waals surface area contributed by atoms with Crippen LogP contribution >= 0.6 is 0 Å². The van der Waals surface area contributed by atoms with E-state index in [1.165, 1.54) is 11.1 Å². The number of benzene rings is 2. The van der Waals surface area contributed by atoms with Crippen LogP contribution in [-0.2, 0) is 14.3 Å². The Hall–Kier alpha value is -3.35. The normalized spacial score (nSPS) is 15.5. The predicted molar refractivity (Wildman–Crippen MR) is 124 cm³/mol. The Morgan fingerprint density at radius 1 is 1.06 bits per heavy atom. The average Bonchev–Trinajstić information content (AvgIpc) is 3.53. The molecule has 2 amide bonds. The van der Waals surface area contributed by atoms with E-state index in [4.69, 9.17) is 9.84 Å². The van der Waals surface area contributed by atoms with Crippen LogP contribution in [0.15, 0.2) is 48.5 Å². The molecule has 174 valence electrons. The van der Waals surface area contributed by atoms with Crippen LogP contribution in [0.1, 0.15) is 50.2 Å². The predicted octanol–water partition coefficient (Wildman–Crippen LogP) is 4.02. The van der Waals surface area contributed by atoms with Gasteiger partial charge < -0.3 is 20.1 Å². The molecule has 7 heteroatoms. The molecule has 2 aliphatic rings. The van der Waals surface area contributed by atoms with Gasteiger partial charge in [-0.25, -0.2) is 4.79 Å². The summed E-state index contributed by atoms with van der Waals surface area (Å²) in [4.78, 5) is 38.1. The first-order chi connectivity index (χ1) is 15.8. The number of rotatable bonds is 9. The summed E-state index contributed by atoms with van der Waals surface area (Å²) in [5.74, 6) is -1.06. The Balaban J connectivity index is 1.35. The summed E-state index contributed by atoms with van der Waals surface area (Å²) in [5, 5.41) is 11.8. The number of nitrogens with zero attached hydrogens (tertiary/aromatic N) is 1. The molecule has 0 atom stereocenters. The molecule has 0 spiro atoms. The maximum atomic E-state index is 13.1. The van der Waals surface area contributed by atoms with Crippen LogP contribution in [0, 0.1) is 5.41 Å². The molecule has 0 saturated heterocycles. The number of ether oxygens (including phenoxy) is 1. The van der Waals surface area contributed by atoms with Crippen LogP contribution in [0.5, 0.6) is 0 Å². The molecule has 0 unspecified atom stereocenters. The van der Waals surface area contributed by atoms with Crippen molar-refractivity contribution >= 4 is 18.0 Å². The first kappa shape index (κ1) is 22.8. The number of carboxylic acids is 1. The highest BCUT2D eigenvalue weighted by atomic mass is 16.5. The quantitative estimate of drug-likeness (QED) is 0.602. The Bertz CT molecular complexity index is 1010. The molecular weight excluding hydrogens is 420 g/mol. The molecule has 2 aromatic carbocycles. The molecule has 0 radical (unpaired) electrons. The summed E-state index contributed by atoms with van der Waals surface area (Å²) in [6, 6.07) is 16.2. The fourth-order valence-electron chi connectivity index (χ4n) is 4.62. The third-order valence-corrected chi connectivity index (χ3v) is 6.67. The molecule has 0 aromatic heterocycles. The molecular formula is C26H30N2O5. The second-order valence-corrected chi connectivity index (χ2v) is 9.20. The molecule has 7 nitrogen and oxygen atoms in total. The lowest BCUT2D eigenvalue weighted by atomic mass is 9.98. The van der Waals surface area contributed by atoms with Crippen molar-refractivity contribution in [1.29, 1.82) is 0 Å². The minimum Gasteiger partial charge on any atom is -0.481 e. The number of carboxylic acid groups (broad SMARTS) is 1. The third kappa shape index (κ3) is 4.72. The van der Waals surface area contributed by atoms with Gasteiger partial charge in [0.15, 0.2) is 0 Å². The molecule has 0 aliphatic heterocycles. The van der Waals surface area contributed by atoms with Crippen molar-refractivity contribution in [3.05, 3.63) is 59.7 Å². The van der Waals surface area contributed by atoms with E-state index >= 15 is 0 Å². The van der Waals surface area contributed by atoms with E-state index in [2.05, 4.69) is 29.6 Å². The number of aliphatic carboxylic acids is 1. The highest BCUT2D eigenvalue weighted by Crippen LogP contribution is 2.47. The van der Waals surface area contributed by atoms with E-state index in [-0.39, 0.29) is 44.0 Å². The second kappa shape index (κ2) is 9.25. The lowest BCUT2D eigenvalue weighted by Gasteiger charge is -2.30. The minimum atomic E-state index is -0.935. The maximum Gasteiger partial charge on any atom is 0.407 e. The van der Waals surface area contributed by atoms with Crippen molar-refractivity contribution < 1.29 is 24.2 Å². The summed E-state index contributed by atoms with van der Waals surface area (Å²) < 4.78 is 5.58. The summed E-state index contributed by atoms with van der Waals surface area (Å²) in [6.45, 7) is 4.32. The lowest BCUT2D eigenvalue weighted by molar-refractivity contribution is -0.141. The molecule has 2 aliphatic carbocycles. The Labute approximate surface area is 193 Å². The number of nitrogens with one attached hydrogen (secondary N) is 1. The molecule has 0 heterocycles. The Kier molecular flexibility index (Phi) is 6.40. The molecule has 2 aromatic rings. The Morgan fingerprint density at radius 3 is 2.15 bits per heavy atom. The summed E-state index contributed by atoms with van der Waals surface area (Å²) in [5.41, 5.74) is 3.96. The van der Waals surface area contributed by atoms with E-state index < -0.39 is 17.5 Å². The van der Waals surface area contributed by atoms with Crippen molar-refractivity contribution in [2.75, 3.05) is 19.7 Å². The molecule has 1 fully saturated rings. The van der Waals surface area contributed by atoms with Gasteiger partial charge in [-0.15, -0.1) is 0 Å². The fraction of sp³-hybridized carbons (Fsp3) is 0.423. The summed E-state index contributed by atoms with van der Waals surface area (Å²) in [6.07, 6.45) is 0.703. The second-order valence-electron chi connectivity index (χ2n) is 9.20. The smallest absolute Gasteiger partial charge is 0.407 e. The lowest BCUT2D eigenvalue weighted by Crippen LogP contribution is -2.46. The SMILES string of the molecule is CC(C)N(CCC(=O)O)C(=O)C1(CNC(=O)OCC2c3ccccc3-c3ccccc32)CC1. The topological polar surface area (TPSA) is 95.9 Å². The van der Waals surface area contributed by atoms with Crippen LogP contribution in [0.25, 0.3) is 11.1 Å². The fourth-order valence-corrected chi connectivity index (χ4v) is 4.62. The number of hydrogen-bond donors (Lipinski definition) is 2. The molecule has 4 rings (SSSR count). The number of alkyl carbamates (subject to hydrolysis) is 1. The van der Waals surface area contributed by atoms with Crippen LogP contribution in [0.2, 0.25) is 0 Å². The summed E-state index contributed by atoms with van der Waals surface area (Å²) in [7, 11) is 0. The van der Waals surface area contributed by atoms with Gasteiger partial charge in [-0.2, -0.15) is 0 Å². The van der Waals surface area contributed by atoms with E-state index in [1.54, 1.807) is 4.90 Å². The number of carbonyl (C=O) groups excluding carboxylic acids is 2. The summed E-state index contributed by atoms with van der Waals surface area (Å²) >= 11 is 0. The first-order valence-corrected chi connectivity index (χ1v) is 11.4. The van der Waals surface area contributed by atoms with Crippen LogP contribution in [0.4, 0.5) is 4.79 Å². The zero-order valence-electron chi connectivity index (χ0n) is 19.0. The van der Waals surface area contributed by atoms with Crippen molar-refractivity contribution in [3.63, 3.8) is 0 Å². The van der Waals surface area contributed by atoms with E-state index in [0.717, 1.165) is 11.1 Å². The zero-order valence-corrected chi connectivity index (χ0v) is 19.0. The van der Waals surface area contributed by atoms with E-state index in [1.807, 2.05) is 38.1 Å². The van der Waals surface area contributed by atoms with Gasteiger partial charge in [0, 0.05) is 25.0 Å². The highest BCUT2D eigenvalue weighted by molar-refractivity contribution is 5.87. The first-order valence-electron chi connectivity index (χ1n) is 11.4. The van der Waals surface area contributed by atoms with Gasteiger partial charge in [0.05, 0.1) is 11.8 Å². The number of fused-ring (bicyclic) bond motifs is 3. The van der Waals surface area contributed by atoms with Gasteiger partial charge in [-0.1, -0.05) is 48.5 Å². The molecule has 2 N–H and O–H groups in total. The van der Waals surface area contributed by atoms with Crippen LogP contribution in [0.3, 0.4) is 0 Å². The van der Waals surface area contributed by atoms with Gasteiger partial charge in [0.2, 0.25) is 5.91 Å². The monoisotopic (exact) mass is 450 g/mol. The number of amides is 2. The van der Waals surface area contributed by atoms with Gasteiger partial charge in [-0.3, -0.25) is 9.59 Å². The molecule has 0 bridgehead atoms. The van der Waals surface area contributed by atoms with Crippen molar-refractivity contribution in [2.45, 2.75) is 45.1 Å². The number of hydrogen-bond acceptors (Lipinski definition) is 4. The number of carbonyl (C=O) groups is 3. The standard InChI is InChI=1S/C26H30N2O5/c1-17(2)28(14-11-23(29)30)24(31)26(12-13-26)16-27-25(32)33-15-22-20-9-5-3-7-18(20)19-8-4-6-10-21(19)22/h3-10,17,22H,11-16H2,1-2H3,(H,27,32)(H,29,30). The maximum absolute atomic E-state index is 13.1. The third-order valence-electron chi connectivity index (χ3n) is 6.67. The molecule has 33 heavy (non-hydrogen) atoms. The van der Waals surface area contributed by atoms with Gasteiger partial charge in [0.25, 0.3) is 0 Å². The van der Waals surface area contributed by atoms with Crippen LogP contribution < -0.4 is 5.32 Å². The zero-order chi connectivity index (χ0) is 23.6. The van der Waals surface area contributed by atoms with Gasteiger partial charge in [0.1, 0.15) is 6.61 Å². The van der Waals surface area contributed by atoms with Crippen molar-refractivity contribution in [1.82, 2.24) is 10.2 Å². The van der Waals surface area contributed by atoms with Gasteiger partial charge in [-0.05, 0) is 48.9 Å². The van der Waals surface area contributed by atoms with Crippen molar-refractivity contribution in [3.8, 4) is 11.1 Å². The van der Waals surface area contributed by atoms with E-state index in [9.17, 15) is 14.4 Å². The van der Waals surface area contributed by atoms with Crippen molar-refractivity contribution in [2.24, 2.45) is 5.41 Å². The van der Waals surface area contributed by atoms with E-state index in [0.29, 0.717) is 12.8 Å². The van der Waals surface area contributed by atoms with Crippen LogP contribution in [-0.4, -0.2) is 53.7 Å². The Morgan fingerprint density at radius 2 is 1.64 bits per heavy atom. The minimum absolute atomic E-state index is 0.0212. The highest BCUT2D eigenvalue weighted by Gasteiger charge is 2.52. The average molecular weight is 451 g/mol. The van der Waals surface area contributed by atoms with Gasteiger partial charge >= 0.3 is 12.1 Å². The largest absolute Gasteiger partial charge is 0.481 e.